The fourth-order valence-electron chi connectivity index (χ4n) is 2.18. The molecule has 4 heteroatoms. The summed E-state index contributed by atoms with van der Waals surface area (Å²) in [5.74, 6) is -0.453. The van der Waals surface area contributed by atoms with E-state index in [0.717, 1.165) is 16.7 Å². The number of hydrogen-bond acceptors (Lipinski definition) is 2. The maximum Gasteiger partial charge on any atom is 0.354 e. The van der Waals surface area contributed by atoms with Crippen LogP contribution in [-0.4, -0.2) is 21.0 Å². The Balaban J connectivity index is 2.13. The Bertz CT molecular complexity index is 774. The molecule has 0 atom stereocenters. The molecule has 1 aromatic heterocycles. The first-order valence-corrected chi connectivity index (χ1v) is 6.61. The molecule has 0 saturated heterocycles. The molecule has 3 aromatic rings. The number of hydrogen-bond donors (Lipinski definition) is 2. The number of aromatic amines is 1. The number of H-pyrrole nitrogens is 1. The molecule has 0 bridgehead atoms. The Kier molecular flexibility index (Phi) is 3.28. The zero-order chi connectivity index (χ0) is 14.8. The van der Waals surface area contributed by atoms with E-state index in [2.05, 4.69) is 9.97 Å². The third kappa shape index (κ3) is 2.56. The second kappa shape index (κ2) is 5.25. The summed E-state index contributed by atoms with van der Waals surface area (Å²) in [7, 11) is 0. The molecule has 0 aliphatic heterocycles. The first-order chi connectivity index (χ1) is 10.1. The van der Waals surface area contributed by atoms with Crippen molar-refractivity contribution >= 4 is 5.97 Å². The van der Waals surface area contributed by atoms with Crippen LogP contribution in [0.25, 0.3) is 22.6 Å². The zero-order valence-corrected chi connectivity index (χ0v) is 11.5. The molecule has 104 valence electrons. The third-order valence-electron chi connectivity index (χ3n) is 3.29. The number of nitrogens with one attached hydrogen (secondary N) is 1. The first-order valence-electron chi connectivity index (χ1n) is 6.61. The number of benzene rings is 2. The lowest BCUT2D eigenvalue weighted by Gasteiger charge is -1.97. The van der Waals surface area contributed by atoms with Gasteiger partial charge in [0.1, 0.15) is 11.5 Å². The molecule has 0 radical (unpaired) electrons. The van der Waals surface area contributed by atoms with Gasteiger partial charge in [-0.05, 0) is 6.92 Å². The maximum absolute atomic E-state index is 11.4. The average Bonchev–Trinajstić information content (AvgIpc) is 2.94. The van der Waals surface area contributed by atoms with Crippen molar-refractivity contribution in [1.82, 2.24) is 9.97 Å². The third-order valence-corrected chi connectivity index (χ3v) is 3.29. The quantitative estimate of drug-likeness (QED) is 0.766. The van der Waals surface area contributed by atoms with Crippen molar-refractivity contribution in [2.75, 3.05) is 0 Å². The van der Waals surface area contributed by atoms with Gasteiger partial charge in [0.25, 0.3) is 0 Å². The fraction of sp³-hybridized carbons (Fsp3) is 0.0588. The molecule has 0 saturated carbocycles. The van der Waals surface area contributed by atoms with Crippen LogP contribution in [-0.2, 0) is 0 Å². The van der Waals surface area contributed by atoms with E-state index in [1.54, 1.807) is 0 Å². The number of aromatic carboxylic acids is 1. The number of carboxylic acids is 1. The molecule has 2 N–H and O–H groups in total. The summed E-state index contributed by atoms with van der Waals surface area (Å²) in [6.07, 6.45) is 0. The lowest BCUT2D eigenvalue weighted by molar-refractivity contribution is 0.0692. The Hall–Kier alpha value is -2.88. The van der Waals surface area contributed by atoms with Crippen LogP contribution >= 0.6 is 0 Å². The summed E-state index contributed by atoms with van der Waals surface area (Å²) >= 11 is 0. The van der Waals surface area contributed by atoms with Gasteiger partial charge in [0.15, 0.2) is 5.69 Å². The Morgan fingerprint density at radius 1 is 1.00 bits per heavy atom. The van der Waals surface area contributed by atoms with Gasteiger partial charge in [-0.15, -0.1) is 0 Å². The van der Waals surface area contributed by atoms with Crippen LogP contribution in [0.5, 0.6) is 0 Å². The highest BCUT2D eigenvalue weighted by Crippen LogP contribution is 2.26. The van der Waals surface area contributed by atoms with Gasteiger partial charge >= 0.3 is 5.97 Å². The largest absolute Gasteiger partial charge is 0.477 e. The number of rotatable bonds is 3. The van der Waals surface area contributed by atoms with E-state index in [1.807, 2.05) is 61.5 Å². The lowest BCUT2D eigenvalue weighted by Crippen LogP contribution is -1.99. The fourth-order valence-corrected chi connectivity index (χ4v) is 2.18. The standard InChI is InChI=1S/C17H14N2O2/c1-11-7-9-13(10-8-11)16-18-14(15(19-16)17(20)21)12-5-3-2-4-6-12/h2-10H,1H3,(H,18,19)(H,20,21). The molecule has 0 amide bonds. The predicted octanol–water partition coefficient (Wildman–Crippen LogP) is 3.75. The van der Waals surface area contributed by atoms with Gasteiger partial charge in [-0.1, -0.05) is 60.2 Å². The van der Waals surface area contributed by atoms with E-state index in [0.29, 0.717) is 11.5 Å². The maximum atomic E-state index is 11.4. The monoisotopic (exact) mass is 278 g/mol. The van der Waals surface area contributed by atoms with Crippen molar-refractivity contribution in [3.63, 3.8) is 0 Å². The molecular formula is C17H14N2O2. The van der Waals surface area contributed by atoms with E-state index in [4.69, 9.17) is 0 Å². The highest BCUT2D eigenvalue weighted by Gasteiger charge is 2.18. The van der Waals surface area contributed by atoms with Gasteiger partial charge in [0.05, 0.1) is 0 Å². The van der Waals surface area contributed by atoms with Crippen molar-refractivity contribution < 1.29 is 9.90 Å². The summed E-state index contributed by atoms with van der Waals surface area (Å²) in [6.45, 7) is 2.00. The van der Waals surface area contributed by atoms with E-state index in [9.17, 15) is 9.90 Å². The molecular weight excluding hydrogens is 264 g/mol. The zero-order valence-electron chi connectivity index (χ0n) is 11.5. The minimum absolute atomic E-state index is 0.108. The molecule has 0 fully saturated rings. The van der Waals surface area contributed by atoms with Crippen LogP contribution in [0.1, 0.15) is 16.1 Å². The van der Waals surface area contributed by atoms with Crippen LogP contribution in [0.3, 0.4) is 0 Å². The number of carbonyl (C=O) groups is 1. The van der Waals surface area contributed by atoms with Gasteiger partial charge in [-0.3, -0.25) is 0 Å². The van der Waals surface area contributed by atoms with Gasteiger partial charge < -0.3 is 10.1 Å². The smallest absolute Gasteiger partial charge is 0.354 e. The first kappa shape index (κ1) is 13.1. The molecule has 21 heavy (non-hydrogen) atoms. The minimum Gasteiger partial charge on any atom is -0.477 e. The van der Waals surface area contributed by atoms with E-state index in [1.165, 1.54) is 0 Å². The van der Waals surface area contributed by atoms with Crippen molar-refractivity contribution in [3.8, 4) is 22.6 Å². The normalized spacial score (nSPS) is 10.5. The second-order valence-electron chi connectivity index (χ2n) is 4.85. The highest BCUT2D eigenvalue weighted by molar-refractivity contribution is 5.94. The van der Waals surface area contributed by atoms with Gasteiger partial charge in [0, 0.05) is 11.1 Å². The Morgan fingerprint density at radius 2 is 1.67 bits per heavy atom. The predicted molar refractivity (Wildman–Crippen MR) is 81.2 cm³/mol. The van der Waals surface area contributed by atoms with Gasteiger partial charge in [-0.2, -0.15) is 0 Å². The molecule has 2 aromatic carbocycles. The number of nitrogens with zero attached hydrogens (tertiary/aromatic N) is 1. The summed E-state index contributed by atoms with van der Waals surface area (Å²) < 4.78 is 0. The molecule has 0 aliphatic carbocycles. The van der Waals surface area contributed by atoms with Crippen LogP contribution in [0.4, 0.5) is 0 Å². The summed E-state index contributed by atoms with van der Waals surface area (Å²) in [5, 5.41) is 9.36. The van der Waals surface area contributed by atoms with Crippen LogP contribution in [0.2, 0.25) is 0 Å². The number of imidazole rings is 1. The van der Waals surface area contributed by atoms with E-state index < -0.39 is 5.97 Å². The van der Waals surface area contributed by atoms with Gasteiger partial charge in [-0.25, -0.2) is 9.78 Å². The molecule has 4 nitrogen and oxygen atoms in total. The van der Waals surface area contributed by atoms with Crippen molar-refractivity contribution in [2.24, 2.45) is 0 Å². The van der Waals surface area contributed by atoms with Crippen LogP contribution in [0, 0.1) is 6.92 Å². The highest BCUT2D eigenvalue weighted by atomic mass is 16.4. The van der Waals surface area contributed by atoms with E-state index in [-0.39, 0.29) is 5.69 Å². The lowest BCUT2D eigenvalue weighted by atomic mass is 10.1. The van der Waals surface area contributed by atoms with Gasteiger partial charge in [0.2, 0.25) is 0 Å². The number of aromatic nitrogens is 2. The average molecular weight is 278 g/mol. The summed E-state index contributed by atoms with van der Waals surface area (Å²) in [6, 6.07) is 17.1. The molecule has 0 unspecified atom stereocenters. The second-order valence-corrected chi connectivity index (χ2v) is 4.85. The SMILES string of the molecule is Cc1ccc(-c2nc(-c3ccccc3)c(C(=O)O)[nH]2)cc1. The Morgan fingerprint density at radius 3 is 2.29 bits per heavy atom. The Labute approximate surface area is 122 Å². The van der Waals surface area contributed by atoms with Crippen molar-refractivity contribution in [2.45, 2.75) is 6.92 Å². The van der Waals surface area contributed by atoms with Crippen LogP contribution in [0.15, 0.2) is 54.6 Å². The number of carboxylic acid groups (broad SMARTS) is 1. The van der Waals surface area contributed by atoms with E-state index >= 15 is 0 Å². The molecule has 1 heterocycles. The van der Waals surface area contributed by atoms with Crippen LogP contribution < -0.4 is 0 Å². The minimum atomic E-state index is -1.01. The molecule has 3 rings (SSSR count). The topological polar surface area (TPSA) is 66.0 Å². The van der Waals surface area contributed by atoms with Crippen molar-refractivity contribution in [1.29, 1.82) is 0 Å². The summed E-state index contributed by atoms with van der Waals surface area (Å²) in [4.78, 5) is 18.8. The molecule has 0 aliphatic rings. The summed E-state index contributed by atoms with van der Waals surface area (Å²) in [5.41, 5.74) is 3.36. The molecule has 0 spiro atoms. The van der Waals surface area contributed by atoms with Crippen molar-refractivity contribution in [3.05, 3.63) is 65.9 Å². The number of aryl methyl sites for hydroxylation is 1.